The highest BCUT2D eigenvalue weighted by Crippen LogP contribution is 2.44. The van der Waals surface area contributed by atoms with Gasteiger partial charge < -0.3 is 14.8 Å². The molecule has 1 atom stereocenters. The van der Waals surface area contributed by atoms with E-state index >= 15 is 4.39 Å². The molecular weight excluding hydrogens is 561 g/mol. The lowest BCUT2D eigenvalue weighted by molar-refractivity contribution is -0.274. The Bertz CT molecular complexity index is 1540. The number of nitrogens with two attached hydrogens (primary N) is 1. The predicted molar refractivity (Wildman–Crippen MR) is 122 cm³/mol. The van der Waals surface area contributed by atoms with Gasteiger partial charge in [-0.15, -0.1) is 13.2 Å². The van der Waals surface area contributed by atoms with E-state index in [0.29, 0.717) is 6.07 Å². The minimum absolute atomic E-state index is 0.0208. The number of ether oxygens (including phenoxy) is 2. The number of primary sulfonamides is 1. The van der Waals surface area contributed by atoms with Gasteiger partial charge in [0, 0.05) is 17.2 Å². The second-order valence-electron chi connectivity index (χ2n) is 8.35. The smallest absolute Gasteiger partial charge is 0.493 e. The second-order valence-corrected chi connectivity index (χ2v) is 9.91. The van der Waals surface area contributed by atoms with Crippen molar-refractivity contribution in [2.24, 2.45) is 5.14 Å². The average Bonchev–Trinajstić information content (AvgIpc) is 2.81. The maximum atomic E-state index is 15.4. The zero-order valence-corrected chi connectivity index (χ0v) is 20.2. The van der Waals surface area contributed by atoms with Gasteiger partial charge in [0.1, 0.15) is 17.3 Å². The first kappa shape index (κ1) is 28.2. The van der Waals surface area contributed by atoms with E-state index in [-0.39, 0.29) is 35.6 Å². The molecular formula is C24H17F7N2O5S. The van der Waals surface area contributed by atoms with Crippen LogP contribution in [0.2, 0.25) is 0 Å². The van der Waals surface area contributed by atoms with Gasteiger partial charge in [-0.05, 0) is 54.4 Å². The van der Waals surface area contributed by atoms with Gasteiger partial charge in [-0.2, -0.15) is 13.2 Å². The summed E-state index contributed by atoms with van der Waals surface area (Å²) < 4.78 is 127. The van der Waals surface area contributed by atoms with E-state index in [1.54, 1.807) is 0 Å². The van der Waals surface area contributed by atoms with E-state index in [1.807, 2.05) is 0 Å². The molecule has 1 unspecified atom stereocenters. The summed E-state index contributed by atoms with van der Waals surface area (Å²) in [5.74, 6) is -4.95. The van der Waals surface area contributed by atoms with Crippen LogP contribution in [-0.2, 0) is 16.2 Å². The highest BCUT2D eigenvalue weighted by Gasteiger charge is 2.39. The van der Waals surface area contributed by atoms with Crippen molar-refractivity contribution >= 4 is 21.6 Å². The minimum Gasteiger partial charge on any atom is -0.493 e. The lowest BCUT2D eigenvalue weighted by atomic mass is 9.83. The fourth-order valence-electron chi connectivity index (χ4n) is 4.17. The number of rotatable bonds is 5. The largest absolute Gasteiger partial charge is 0.573 e. The van der Waals surface area contributed by atoms with Gasteiger partial charge in [0.15, 0.2) is 0 Å². The topological polar surface area (TPSA) is 108 Å². The standard InChI is InChI=1S/C24H17F7N2O5S/c25-21-18(23(26,27)28)6-5-16(20(21)22(34)33-12-2-1-3-14(10-12)39(32,35)36)15-8-9-37-19-7-4-13(11-17(15)19)38-24(29,30)31/h1-7,10-11,15H,8-9H2,(H,33,34)(H2,32,35,36). The summed E-state index contributed by atoms with van der Waals surface area (Å²) in [5, 5.41) is 7.22. The number of alkyl halides is 6. The Balaban J connectivity index is 1.84. The lowest BCUT2D eigenvalue weighted by Gasteiger charge is -2.29. The summed E-state index contributed by atoms with van der Waals surface area (Å²) in [6.45, 7) is -0.0444. The van der Waals surface area contributed by atoms with Crippen molar-refractivity contribution in [2.75, 3.05) is 11.9 Å². The van der Waals surface area contributed by atoms with E-state index in [0.717, 1.165) is 36.4 Å². The number of carbonyl (C=O) groups excluding carboxylic acids is 1. The van der Waals surface area contributed by atoms with Crippen LogP contribution in [0.3, 0.4) is 0 Å². The van der Waals surface area contributed by atoms with Gasteiger partial charge in [0.2, 0.25) is 10.0 Å². The first-order chi connectivity index (χ1) is 18.0. The Morgan fingerprint density at radius 1 is 1.00 bits per heavy atom. The molecule has 15 heteroatoms. The van der Waals surface area contributed by atoms with Gasteiger partial charge in [0.25, 0.3) is 5.91 Å². The number of sulfonamides is 1. The summed E-state index contributed by atoms with van der Waals surface area (Å²) in [6.07, 6.45) is -10.3. The molecule has 0 bridgehead atoms. The Morgan fingerprint density at radius 2 is 1.72 bits per heavy atom. The summed E-state index contributed by atoms with van der Waals surface area (Å²) in [5.41, 5.74) is -3.26. The maximum Gasteiger partial charge on any atom is 0.573 e. The molecule has 0 saturated heterocycles. The molecule has 4 rings (SSSR count). The van der Waals surface area contributed by atoms with E-state index in [1.165, 1.54) is 12.1 Å². The number of carbonyl (C=O) groups is 1. The van der Waals surface area contributed by atoms with Crippen LogP contribution in [0.1, 0.15) is 39.4 Å². The fourth-order valence-corrected chi connectivity index (χ4v) is 4.73. The van der Waals surface area contributed by atoms with Crippen molar-refractivity contribution in [3.8, 4) is 11.5 Å². The van der Waals surface area contributed by atoms with Crippen LogP contribution in [-0.4, -0.2) is 27.3 Å². The van der Waals surface area contributed by atoms with Crippen LogP contribution in [0.25, 0.3) is 0 Å². The van der Waals surface area contributed by atoms with E-state index in [2.05, 4.69) is 10.1 Å². The van der Waals surface area contributed by atoms with Crippen LogP contribution in [0.5, 0.6) is 11.5 Å². The number of fused-ring (bicyclic) bond motifs is 1. The molecule has 0 radical (unpaired) electrons. The molecule has 3 N–H and O–H groups in total. The predicted octanol–water partition coefficient (Wildman–Crippen LogP) is 5.56. The molecule has 0 fully saturated rings. The highest BCUT2D eigenvalue weighted by molar-refractivity contribution is 7.89. The van der Waals surface area contributed by atoms with Gasteiger partial charge in [-0.1, -0.05) is 12.1 Å². The molecule has 0 aromatic heterocycles. The Labute approximate surface area is 216 Å². The number of amides is 1. The molecule has 0 spiro atoms. The minimum atomic E-state index is -5.19. The quantitative estimate of drug-likeness (QED) is 0.386. The fraction of sp³-hybridized carbons (Fsp3) is 0.208. The third kappa shape index (κ3) is 6.25. The van der Waals surface area contributed by atoms with Crippen LogP contribution >= 0.6 is 0 Å². The van der Waals surface area contributed by atoms with E-state index in [9.17, 15) is 39.6 Å². The summed E-state index contributed by atoms with van der Waals surface area (Å²) >= 11 is 0. The number of nitrogens with one attached hydrogen (secondary N) is 1. The summed E-state index contributed by atoms with van der Waals surface area (Å²) in [6, 6.07) is 8.75. The molecule has 7 nitrogen and oxygen atoms in total. The first-order valence-corrected chi connectivity index (χ1v) is 12.5. The van der Waals surface area contributed by atoms with Crippen LogP contribution in [0, 0.1) is 5.82 Å². The van der Waals surface area contributed by atoms with E-state index in [4.69, 9.17) is 9.88 Å². The molecule has 0 aliphatic carbocycles. The number of benzene rings is 3. The molecule has 0 saturated carbocycles. The highest BCUT2D eigenvalue weighted by atomic mass is 32.2. The maximum absolute atomic E-state index is 15.4. The SMILES string of the molecule is NS(=O)(=O)c1cccc(NC(=O)c2c(C3CCOc4ccc(OC(F)(F)F)cc43)ccc(C(F)(F)F)c2F)c1. The number of halogens is 7. The molecule has 3 aromatic carbocycles. The van der Waals surface area contributed by atoms with Crippen molar-refractivity contribution in [3.05, 3.63) is 82.7 Å². The molecule has 1 heterocycles. The van der Waals surface area contributed by atoms with Gasteiger partial charge >= 0.3 is 12.5 Å². The number of anilines is 1. The van der Waals surface area contributed by atoms with Crippen LogP contribution < -0.4 is 19.9 Å². The second kappa shape index (κ2) is 10.0. The van der Waals surface area contributed by atoms with Crippen molar-refractivity contribution < 1.29 is 53.4 Å². The molecule has 39 heavy (non-hydrogen) atoms. The van der Waals surface area contributed by atoms with Crippen molar-refractivity contribution in [2.45, 2.75) is 29.8 Å². The van der Waals surface area contributed by atoms with Gasteiger partial charge in [-0.25, -0.2) is 17.9 Å². The van der Waals surface area contributed by atoms with Crippen molar-refractivity contribution in [1.82, 2.24) is 0 Å². The molecule has 1 amide bonds. The third-order valence-corrected chi connectivity index (χ3v) is 6.67. The number of hydrogen-bond acceptors (Lipinski definition) is 5. The molecule has 208 valence electrons. The zero-order valence-electron chi connectivity index (χ0n) is 19.4. The molecule has 3 aromatic rings. The third-order valence-electron chi connectivity index (χ3n) is 5.76. The van der Waals surface area contributed by atoms with E-state index < -0.39 is 62.0 Å². The monoisotopic (exact) mass is 578 g/mol. The Hall–Kier alpha value is -3.85. The summed E-state index contributed by atoms with van der Waals surface area (Å²) in [7, 11) is -4.22. The lowest BCUT2D eigenvalue weighted by Crippen LogP contribution is -2.24. The first-order valence-electron chi connectivity index (χ1n) is 10.9. The van der Waals surface area contributed by atoms with Crippen LogP contribution in [0.15, 0.2) is 59.5 Å². The molecule has 1 aliphatic rings. The number of hydrogen-bond donors (Lipinski definition) is 2. The summed E-state index contributed by atoms with van der Waals surface area (Å²) in [4.78, 5) is 12.8. The zero-order chi connectivity index (χ0) is 28.8. The van der Waals surface area contributed by atoms with Crippen LogP contribution in [0.4, 0.5) is 36.4 Å². The average molecular weight is 578 g/mol. The van der Waals surface area contributed by atoms with Crippen molar-refractivity contribution in [1.29, 1.82) is 0 Å². The Kier molecular flexibility index (Phi) is 7.25. The van der Waals surface area contributed by atoms with Gasteiger partial charge in [0.05, 0.1) is 22.6 Å². The van der Waals surface area contributed by atoms with Crippen molar-refractivity contribution in [3.63, 3.8) is 0 Å². The van der Waals surface area contributed by atoms with Gasteiger partial charge in [-0.3, -0.25) is 4.79 Å². The molecule has 1 aliphatic heterocycles. The normalized spacial score (nSPS) is 15.7. The Morgan fingerprint density at radius 3 is 2.36 bits per heavy atom.